The molecule has 2 rings (SSSR count). The summed E-state index contributed by atoms with van der Waals surface area (Å²) in [5, 5.41) is 9.34. The van der Waals surface area contributed by atoms with E-state index in [0.29, 0.717) is 6.42 Å². The molecular formula is C12H16BrNO4S2. The number of aliphatic carboxylic acids is 1. The molecule has 2 heterocycles. The van der Waals surface area contributed by atoms with Crippen molar-refractivity contribution in [1.29, 1.82) is 0 Å². The third-order valence-corrected chi connectivity index (χ3v) is 8.00. The molecule has 0 aromatic carbocycles. The minimum atomic E-state index is -3.75. The van der Waals surface area contributed by atoms with Crippen LogP contribution in [0.1, 0.15) is 25.3 Å². The lowest BCUT2D eigenvalue weighted by Gasteiger charge is -2.35. The first-order chi connectivity index (χ1) is 9.25. The van der Waals surface area contributed by atoms with Gasteiger partial charge in [0.1, 0.15) is 10.3 Å². The summed E-state index contributed by atoms with van der Waals surface area (Å²) in [5.41, 5.74) is 0.838. The second-order valence-electron chi connectivity index (χ2n) is 5.04. The Morgan fingerprint density at radius 3 is 2.70 bits per heavy atom. The maximum absolute atomic E-state index is 12.7. The highest BCUT2D eigenvalue weighted by molar-refractivity contribution is 9.11. The van der Waals surface area contributed by atoms with Crippen molar-refractivity contribution in [2.75, 3.05) is 6.54 Å². The maximum Gasteiger partial charge on any atom is 0.322 e. The normalized spacial score (nSPS) is 24.8. The Balaban J connectivity index is 2.43. The summed E-state index contributed by atoms with van der Waals surface area (Å²) >= 11 is 4.43. The number of sulfonamides is 1. The predicted octanol–water partition coefficient (Wildman–Crippen LogP) is 2.69. The highest BCUT2D eigenvalue weighted by atomic mass is 79.9. The van der Waals surface area contributed by atoms with Gasteiger partial charge >= 0.3 is 5.97 Å². The van der Waals surface area contributed by atoms with Gasteiger partial charge in [-0.05, 0) is 53.2 Å². The number of carboxylic acids is 1. The fourth-order valence-corrected chi connectivity index (χ4v) is 6.53. The summed E-state index contributed by atoms with van der Waals surface area (Å²) < 4.78 is 27.4. The van der Waals surface area contributed by atoms with Crippen molar-refractivity contribution in [1.82, 2.24) is 4.31 Å². The van der Waals surface area contributed by atoms with Gasteiger partial charge in [-0.1, -0.05) is 6.92 Å². The molecule has 1 aliphatic rings. The van der Waals surface area contributed by atoms with Crippen molar-refractivity contribution in [2.24, 2.45) is 5.92 Å². The van der Waals surface area contributed by atoms with E-state index in [-0.39, 0.29) is 16.7 Å². The first kappa shape index (κ1) is 15.9. The van der Waals surface area contributed by atoms with E-state index in [1.165, 1.54) is 0 Å². The molecule has 0 bridgehead atoms. The first-order valence-electron chi connectivity index (χ1n) is 6.25. The van der Waals surface area contributed by atoms with Crippen molar-refractivity contribution in [3.05, 3.63) is 15.4 Å². The van der Waals surface area contributed by atoms with Gasteiger partial charge in [-0.3, -0.25) is 4.79 Å². The smallest absolute Gasteiger partial charge is 0.322 e. The molecule has 1 fully saturated rings. The molecule has 20 heavy (non-hydrogen) atoms. The van der Waals surface area contributed by atoms with Crippen LogP contribution in [0.15, 0.2) is 14.1 Å². The largest absolute Gasteiger partial charge is 0.480 e. The highest BCUT2D eigenvalue weighted by Gasteiger charge is 2.42. The van der Waals surface area contributed by atoms with E-state index in [2.05, 4.69) is 15.9 Å². The molecule has 0 saturated carbocycles. The van der Waals surface area contributed by atoms with Crippen LogP contribution in [-0.4, -0.2) is 36.4 Å². The summed E-state index contributed by atoms with van der Waals surface area (Å²) in [6.07, 6.45) is 1.42. The third kappa shape index (κ3) is 2.79. The Labute approximate surface area is 130 Å². The van der Waals surface area contributed by atoms with Crippen LogP contribution in [0.4, 0.5) is 0 Å². The van der Waals surface area contributed by atoms with Gasteiger partial charge in [-0.25, -0.2) is 8.42 Å². The lowest BCUT2D eigenvalue weighted by Crippen LogP contribution is -2.51. The molecule has 0 amide bonds. The summed E-state index contributed by atoms with van der Waals surface area (Å²) in [7, 11) is -3.75. The zero-order valence-corrected chi connectivity index (χ0v) is 14.4. The Morgan fingerprint density at radius 2 is 2.20 bits per heavy atom. The number of rotatable bonds is 3. The zero-order valence-electron chi connectivity index (χ0n) is 11.2. The molecule has 1 aromatic rings. The second-order valence-corrected chi connectivity index (χ2v) is 9.53. The summed E-state index contributed by atoms with van der Waals surface area (Å²) in [5.74, 6) is -1.26. The first-order valence-corrected chi connectivity index (χ1v) is 9.30. The van der Waals surface area contributed by atoms with E-state index >= 15 is 0 Å². The van der Waals surface area contributed by atoms with Crippen LogP contribution in [0, 0.1) is 12.8 Å². The molecule has 1 aliphatic heterocycles. The SMILES string of the molecule is Cc1cc(S(=O)(=O)N2CCCC(C)C2C(=O)O)sc1Br. The molecule has 8 heteroatoms. The van der Waals surface area contributed by atoms with E-state index in [1.807, 2.05) is 6.92 Å². The summed E-state index contributed by atoms with van der Waals surface area (Å²) in [4.78, 5) is 11.4. The van der Waals surface area contributed by atoms with Gasteiger partial charge < -0.3 is 5.11 Å². The number of nitrogens with zero attached hydrogens (tertiary/aromatic N) is 1. The van der Waals surface area contributed by atoms with Gasteiger partial charge in [0.15, 0.2) is 0 Å². The van der Waals surface area contributed by atoms with Crippen LogP contribution in [0.5, 0.6) is 0 Å². The minimum absolute atomic E-state index is 0.180. The number of thiophene rings is 1. The van der Waals surface area contributed by atoms with Crippen LogP contribution in [0.3, 0.4) is 0 Å². The van der Waals surface area contributed by atoms with E-state index in [9.17, 15) is 18.3 Å². The van der Waals surface area contributed by atoms with Gasteiger partial charge in [0.2, 0.25) is 0 Å². The number of piperidine rings is 1. The Kier molecular flexibility index (Phi) is 4.58. The van der Waals surface area contributed by atoms with Crippen LogP contribution >= 0.6 is 27.3 Å². The van der Waals surface area contributed by atoms with Crippen molar-refractivity contribution in [3.63, 3.8) is 0 Å². The zero-order chi connectivity index (χ0) is 15.1. The topological polar surface area (TPSA) is 74.7 Å². The molecule has 1 aromatic heterocycles. The molecule has 1 saturated heterocycles. The molecular weight excluding hydrogens is 366 g/mol. The predicted molar refractivity (Wildman–Crippen MR) is 80.5 cm³/mol. The van der Waals surface area contributed by atoms with Crippen LogP contribution in [0.25, 0.3) is 0 Å². The number of carboxylic acid groups (broad SMARTS) is 1. The number of aryl methyl sites for hydroxylation is 1. The summed E-state index contributed by atoms with van der Waals surface area (Å²) in [6, 6.07) is 0.609. The van der Waals surface area contributed by atoms with E-state index < -0.39 is 22.0 Å². The quantitative estimate of drug-likeness (QED) is 0.872. The molecule has 2 unspecified atom stereocenters. The molecule has 5 nitrogen and oxygen atoms in total. The average Bonchev–Trinajstić information content (AvgIpc) is 2.69. The van der Waals surface area contributed by atoms with E-state index in [1.54, 1.807) is 13.0 Å². The molecule has 112 valence electrons. The Morgan fingerprint density at radius 1 is 1.55 bits per heavy atom. The molecule has 0 spiro atoms. The fourth-order valence-electron chi connectivity index (χ4n) is 2.46. The minimum Gasteiger partial charge on any atom is -0.480 e. The Hall–Kier alpha value is -0.440. The standard InChI is InChI=1S/C12H16BrNO4S2/c1-7-4-3-5-14(10(7)12(15)16)20(17,18)9-6-8(2)11(13)19-9/h6-7,10H,3-5H2,1-2H3,(H,15,16). The van der Waals surface area contributed by atoms with Crippen molar-refractivity contribution < 1.29 is 18.3 Å². The van der Waals surface area contributed by atoms with E-state index in [4.69, 9.17) is 0 Å². The monoisotopic (exact) mass is 381 g/mol. The lowest BCUT2D eigenvalue weighted by molar-refractivity contribution is -0.144. The van der Waals surface area contributed by atoms with Crippen LogP contribution in [-0.2, 0) is 14.8 Å². The molecule has 0 aliphatic carbocycles. The van der Waals surface area contributed by atoms with Gasteiger partial charge in [0.05, 0.1) is 3.79 Å². The summed E-state index contributed by atoms with van der Waals surface area (Å²) in [6.45, 7) is 3.86. The number of hydrogen-bond acceptors (Lipinski definition) is 4. The Bertz CT molecular complexity index is 606. The highest BCUT2D eigenvalue weighted by Crippen LogP contribution is 2.35. The van der Waals surface area contributed by atoms with Gasteiger partial charge in [0, 0.05) is 6.54 Å². The van der Waals surface area contributed by atoms with Gasteiger partial charge in [-0.2, -0.15) is 4.31 Å². The van der Waals surface area contributed by atoms with E-state index in [0.717, 1.165) is 31.4 Å². The molecule has 0 radical (unpaired) electrons. The van der Waals surface area contributed by atoms with Crippen LogP contribution < -0.4 is 0 Å². The van der Waals surface area contributed by atoms with Gasteiger partial charge in [0.25, 0.3) is 10.0 Å². The maximum atomic E-state index is 12.7. The van der Waals surface area contributed by atoms with Crippen molar-refractivity contribution >= 4 is 43.3 Å². The average molecular weight is 382 g/mol. The third-order valence-electron chi connectivity index (χ3n) is 3.54. The van der Waals surface area contributed by atoms with Crippen molar-refractivity contribution in [3.8, 4) is 0 Å². The van der Waals surface area contributed by atoms with Crippen molar-refractivity contribution in [2.45, 2.75) is 36.9 Å². The number of hydrogen-bond donors (Lipinski definition) is 1. The molecule has 2 atom stereocenters. The number of halogens is 1. The van der Waals surface area contributed by atoms with Crippen LogP contribution in [0.2, 0.25) is 0 Å². The lowest BCUT2D eigenvalue weighted by atomic mass is 9.93. The fraction of sp³-hybridized carbons (Fsp3) is 0.583. The second kappa shape index (κ2) is 5.75. The molecule has 1 N–H and O–H groups in total. The van der Waals surface area contributed by atoms with Gasteiger partial charge in [-0.15, -0.1) is 11.3 Å². The number of carbonyl (C=O) groups is 1.